The van der Waals surface area contributed by atoms with E-state index < -0.39 is 17.9 Å². The lowest BCUT2D eigenvalue weighted by atomic mass is 10.1. The zero-order valence-electron chi connectivity index (χ0n) is 11.9. The van der Waals surface area contributed by atoms with Crippen LogP contribution in [0.4, 0.5) is 0 Å². The normalized spacial score (nSPS) is 12.0. The highest BCUT2D eigenvalue weighted by molar-refractivity contribution is 6.33. The monoisotopic (exact) mass is 323 g/mol. The summed E-state index contributed by atoms with van der Waals surface area (Å²) >= 11 is 5.92. The maximum atomic E-state index is 12.4. The van der Waals surface area contributed by atoms with Crippen molar-refractivity contribution in [1.82, 2.24) is 14.7 Å². The molecule has 1 unspecified atom stereocenters. The lowest BCUT2D eigenvalue weighted by molar-refractivity contribution is -0.142. The number of carboxylic acids is 1. The molecule has 1 heterocycles. The molecule has 0 radical (unpaired) electrons. The van der Waals surface area contributed by atoms with Gasteiger partial charge < -0.3 is 15.1 Å². The number of nitrogens with zero attached hydrogens (tertiary/aromatic N) is 3. The Morgan fingerprint density at radius 3 is 2.59 bits per heavy atom. The first-order valence-corrected chi connectivity index (χ1v) is 6.67. The van der Waals surface area contributed by atoms with Crippen LogP contribution < -0.4 is 0 Å². The summed E-state index contributed by atoms with van der Waals surface area (Å²) in [5.74, 6) is -1.93. The van der Waals surface area contributed by atoms with Crippen LogP contribution in [0.1, 0.15) is 22.1 Å². The van der Waals surface area contributed by atoms with Crippen molar-refractivity contribution in [3.63, 3.8) is 0 Å². The van der Waals surface area contributed by atoms with Gasteiger partial charge in [0.05, 0.1) is 5.02 Å². The van der Waals surface area contributed by atoms with E-state index in [0.29, 0.717) is 0 Å². The van der Waals surface area contributed by atoms with Crippen LogP contribution in [-0.2, 0) is 11.8 Å². The summed E-state index contributed by atoms with van der Waals surface area (Å²) in [4.78, 5) is 25.0. The predicted octanol–water partition coefficient (Wildman–Crippen LogP) is 1.68. The molecule has 22 heavy (non-hydrogen) atoms. The molecule has 1 aromatic heterocycles. The van der Waals surface area contributed by atoms with Gasteiger partial charge in [-0.2, -0.15) is 5.10 Å². The molecule has 116 valence electrons. The van der Waals surface area contributed by atoms with Crippen molar-refractivity contribution in [3.8, 4) is 5.75 Å². The summed E-state index contributed by atoms with van der Waals surface area (Å²) in [6, 6.07) is 4.47. The number of rotatable bonds is 4. The Morgan fingerprint density at radius 2 is 2.09 bits per heavy atom. The molecule has 1 aromatic carbocycles. The number of carbonyl (C=O) groups is 2. The van der Waals surface area contributed by atoms with E-state index in [1.807, 2.05) is 0 Å². The van der Waals surface area contributed by atoms with E-state index in [1.54, 1.807) is 7.05 Å². The van der Waals surface area contributed by atoms with E-state index in [-0.39, 0.29) is 22.0 Å². The molecule has 0 fully saturated rings. The molecule has 0 aliphatic rings. The van der Waals surface area contributed by atoms with Crippen LogP contribution >= 0.6 is 11.6 Å². The first-order valence-electron chi connectivity index (χ1n) is 6.29. The molecule has 1 amide bonds. The van der Waals surface area contributed by atoms with Crippen molar-refractivity contribution in [1.29, 1.82) is 0 Å². The maximum Gasteiger partial charge on any atom is 0.331 e. The first kappa shape index (κ1) is 15.8. The Labute approximate surface area is 131 Å². The van der Waals surface area contributed by atoms with Gasteiger partial charge >= 0.3 is 5.97 Å². The van der Waals surface area contributed by atoms with E-state index in [0.717, 1.165) is 4.90 Å². The number of aromatic nitrogens is 2. The molecule has 7 nitrogen and oxygen atoms in total. The van der Waals surface area contributed by atoms with Crippen molar-refractivity contribution >= 4 is 23.5 Å². The zero-order chi connectivity index (χ0) is 16.4. The SMILES string of the molecule is CN(C(=O)c1nn(C)cc1Cl)C(C(=O)O)c1cccc(O)c1. The lowest BCUT2D eigenvalue weighted by Crippen LogP contribution is -2.36. The van der Waals surface area contributed by atoms with Crippen molar-refractivity contribution < 1.29 is 19.8 Å². The van der Waals surface area contributed by atoms with Crippen molar-refractivity contribution in [2.45, 2.75) is 6.04 Å². The van der Waals surface area contributed by atoms with Crippen LogP contribution in [0.15, 0.2) is 30.5 Å². The Bertz CT molecular complexity index is 729. The van der Waals surface area contributed by atoms with E-state index in [4.69, 9.17) is 11.6 Å². The van der Waals surface area contributed by atoms with Crippen LogP contribution in [0.25, 0.3) is 0 Å². The second kappa shape index (κ2) is 6.07. The molecule has 2 aromatic rings. The number of aliphatic carboxylic acids is 1. The number of phenolic OH excluding ortho intramolecular Hbond substituents is 1. The quantitative estimate of drug-likeness (QED) is 0.892. The number of likely N-dealkylation sites (N-methyl/N-ethyl adjacent to an activating group) is 1. The van der Waals surface area contributed by atoms with Gasteiger partial charge in [0.25, 0.3) is 5.91 Å². The number of hydrogen-bond donors (Lipinski definition) is 2. The molecule has 1 atom stereocenters. The third-order valence-corrected chi connectivity index (χ3v) is 3.39. The second-order valence-electron chi connectivity index (χ2n) is 4.75. The summed E-state index contributed by atoms with van der Waals surface area (Å²) in [5, 5.41) is 23.0. The molecular weight excluding hydrogens is 310 g/mol. The van der Waals surface area contributed by atoms with Crippen LogP contribution in [0.3, 0.4) is 0 Å². The van der Waals surface area contributed by atoms with Crippen molar-refractivity contribution in [2.75, 3.05) is 7.05 Å². The number of benzene rings is 1. The minimum atomic E-state index is -1.27. The smallest absolute Gasteiger partial charge is 0.331 e. The van der Waals surface area contributed by atoms with E-state index in [2.05, 4.69) is 5.10 Å². The van der Waals surface area contributed by atoms with Gasteiger partial charge in [0, 0.05) is 20.3 Å². The number of phenols is 1. The average molecular weight is 324 g/mol. The lowest BCUT2D eigenvalue weighted by Gasteiger charge is -2.24. The molecule has 0 saturated heterocycles. The molecule has 0 saturated carbocycles. The summed E-state index contributed by atoms with van der Waals surface area (Å²) in [7, 11) is 2.95. The highest BCUT2D eigenvalue weighted by atomic mass is 35.5. The van der Waals surface area contributed by atoms with Crippen molar-refractivity contribution in [3.05, 3.63) is 46.7 Å². The average Bonchev–Trinajstić information content (AvgIpc) is 2.76. The highest BCUT2D eigenvalue weighted by Gasteiger charge is 2.31. The largest absolute Gasteiger partial charge is 0.508 e. The molecule has 0 aliphatic carbocycles. The van der Waals surface area contributed by atoms with Gasteiger partial charge in [-0.05, 0) is 17.7 Å². The number of carboxylic acid groups (broad SMARTS) is 1. The Balaban J connectivity index is 2.38. The first-order chi connectivity index (χ1) is 10.3. The maximum absolute atomic E-state index is 12.4. The van der Waals surface area contributed by atoms with Gasteiger partial charge in [-0.1, -0.05) is 23.7 Å². The number of aromatic hydroxyl groups is 1. The predicted molar refractivity (Wildman–Crippen MR) is 78.8 cm³/mol. The second-order valence-corrected chi connectivity index (χ2v) is 5.16. The molecule has 8 heteroatoms. The number of halogens is 1. The molecular formula is C14H14ClN3O4. The fourth-order valence-electron chi connectivity index (χ4n) is 2.12. The molecule has 2 rings (SSSR count). The molecule has 0 aliphatic heterocycles. The Kier molecular flexibility index (Phi) is 4.37. The van der Waals surface area contributed by atoms with Crippen LogP contribution in [0.5, 0.6) is 5.75 Å². The number of amides is 1. The Hall–Kier alpha value is -2.54. The highest BCUT2D eigenvalue weighted by Crippen LogP contribution is 2.26. The van der Waals surface area contributed by atoms with Gasteiger partial charge in [-0.3, -0.25) is 9.48 Å². The van der Waals surface area contributed by atoms with Crippen LogP contribution in [-0.4, -0.2) is 43.8 Å². The van der Waals surface area contributed by atoms with Crippen LogP contribution in [0.2, 0.25) is 5.02 Å². The van der Waals surface area contributed by atoms with Gasteiger partial charge in [0.2, 0.25) is 0 Å². The van der Waals surface area contributed by atoms with Gasteiger partial charge in [0.15, 0.2) is 11.7 Å². The molecule has 2 N–H and O–H groups in total. The number of carbonyl (C=O) groups excluding carboxylic acids is 1. The summed E-state index contributed by atoms with van der Waals surface area (Å²) in [5.41, 5.74) is 0.244. The van der Waals surface area contributed by atoms with Crippen molar-refractivity contribution in [2.24, 2.45) is 7.05 Å². The summed E-state index contributed by atoms with van der Waals surface area (Å²) < 4.78 is 1.37. The third-order valence-electron chi connectivity index (χ3n) is 3.11. The standard InChI is InChI=1S/C14H14ClN3O4/c1-17-7-10(15)11(16-17)13(20)18(2)12(14(21)22)8-4-3-5-9(19)6-8/h3-7,12,19H,1-2H3,(H,21,22). The van der Waals surface area contributed by atoms with E-state index >= 15 is 0 Å². The minimum Gasteiger partial charge on any atom is -0.508 e. The third kappa shape index (κ3) is 3.04. The Morgan fingerprint density at radius 1 is 1.41 bits per heavy atom. The fourth-order valence-corrected chi connectivity index (χ4v) is 2.38. The van der Waals surface area contributed by atoms with Crippen LogP contribution in [0, 0.1) is 0 Å². The van der Waals surface area contributed by atoms with E-state index in [9.17, 15) is 19.8 Å². The number of hydrogen-bond acceptors (Lipinski definition) is 4. The minimum absolute atomic E-state index is 0.0296. The fraction of sp³-hybridized carbons (Fsp3) is 0.214. The van der Waals surface area contributed by atoms with E-state index in [1.165, 1.54) is 42.2 Å². The van der Waals surface area contributed by atoms with Gasteiger partial charge in [-0.15, -0.1) is 0 Å². The van der Waals surface area contributed by atoms with Gasteiger partial charge in [0.1, 0.15) is 5.75 Å². The molecule has 0 spiro atoms. The summed E-state index contributed by atoms with van der Waals surface area (Å²) in [6.07, 6.45) is 1.45. The van der Waals surface area contributed by atoms with Gasteiger partial charge in [-0.25, -0.2) is 4.79 Å². The number of aryl methyl sites for hydroxylation is 1. The topological polar surface area (TPSA) is 95.7 Å². The molecule has 0 bridgehead atoms. The zero-order valence-corrected chi connectivity index (χ0v) is 12.7. The summed E-state index contributed by atoms with van der Waals surface area (Å²) in [6.45, 7) is 0.